The zero-order valence-electron chi connectivity index (χ0n) is 15.4. The van der Waals surface area contributed by atoms with Crippen LogP contribution in [0.4, 0.5) is 0 Å². The second kappa shape index (κ2) is 7.33. The van der Waals surface area contributed by atoms with Gasteiger partial charge in [0.05, 0.1) is 12.3 Å². The number of sulfonamides is 1. The fraction of sp³-hybridized carbons (Fsp3) is 0.316. The van der Waals surface area contributed by atoms with Crippen LogP contribution in [-0.4, -0.2) is 45.0 Å². The number of amides is 1. The molecule has 3 aromatic rings. The van der Waals surface area contributed by atoms with Gasteiger partial charge in [-0.15, -0.1) is 10.2 Å². The first kappa shape index (κ1) is 18.6. The van der Waals surface area contributed by atoms with Crippen LogP contribution in [0.15, 0.2) is 48.7 Å². The van der Waals surface area contributed by atoms with E-state index in [0.29, 0.717) is 17.9 Å². The molecule has 146 valence electrons. The van der Waals surface area contributed by atoms with Gasteiger partial charge >= 0.3 is 0 Å². The van der Waals surface area contributed by atoms with Gasteiger partial charge in [0.2, 0.25) is 15.9 Å². The van der Waals surface area contributed by atoms with Crippen molar-refractivity contribution in [3.05, 3.63) is 65.6 Å². The maximum Gasteiger partial charge on any atom is 0.239 e. The van der Waals surface area contributed by atoms with Crippen molar-refractivity contribution in [3.63, 3.8) is 0 Å². The number of pyridine rings is 1. The van der Waals surface area contributed by atoms with E-state index in [1.54, 1.807) is 11.3 Å². The lowest BCUT2D eigenvalue weighted by Crippen LogP contribution is -2.52. The lowest BCUT2D eigenvalue weighted by Gasteiger charge is -2.34. The highest BCUT2D eigenvalue weighted by Crippen LogP contribution is 2.26. The molecule has 1 unspecified atom stereocenters. The van der Waals surface area contributed by atoms with E-state index in [1.165, 1.54) is 4.31 Å². The van der Waals surface area contributed by atoms with E-state index in [0.717, 1.165) is 11.1 Å². The standard InChI is InChI=1S/C19H21N5O3S/c1-2-28(26,27)24-13-15-8-4-3-7-14(15)11-16(24)19(25)20-12-18-22-21-17-9-5-6-10-23(17)18/h3-10,16H,2,11-13H2,1H3,(H,20,25). The molecule has 0 fully saturated rings. The predicted octanol–water partition coefficient (Wildman–Crippen LogP) is 1.12. The fourth-order valence-corrected chi connectivity index (χ4v) is 4.70. The first-order valence-electron chi connectivity index (χ1n) is 9.12. The van der Waals surface area contributed by atoms with Crippen molar-refractivity contribution < 1.29 is 13.2 Å². The van der Waals surface area contributed by atoms with Crippen molar-refractivity contribution in [2.75, 3.05) is 5.75 Å². The Balaban J connectivity index is 1.57. The second-order valence-electron chi connectivity index (χ2n) is 6.70. The summed E-state index contributed by atoms with van der Waals surface area (Å²) < 4.78 is 28.3. The third kappa shape index (κ3) is 3.38. The molecule has 9 heteroatoms. The van der Waals surface area contributed by atoms with Crippen molar-refractivity contribution in [1.82, 2.24) is 24.2 Å². The zero-order chi connectivity index (χ0) is 19.7. The molecule has 0 bridgehead atoms. The molecule has 1 aromatic carbocycles. The molecule has 1 amide bonds. The minimum absolute atomic E-state index is 0.0479. The molecular weight excluding hydrogens is 378 g/mol. The van der Waals surface area contributed by atoms with E-state index >= 15 is 0 Å². The highest BCUT2D eigenvalue weighted by molar-refractivity contribution is 7.89. The number of hydrogen-bond acceptors (Lipinski definition) is 5. The Morgan fingerprint density at radius 3 is 2.68 bits per heavy atom. The predicted molar refractivity (Wildman–Crippen MR) is 104 cm³/mol. The number of hydrogen-bond donors (Lipinski definition) is 1. The summed E-state index contributed by atoms with van der Waals surface area (Å²) in [6.45, 7) is 1.97. The summed E-state index contributed by atoms with van der Waals surface area (Å²) in [7, 11) is -3.53. The Morgan fingerprint density at radius 2 is 1.89 bits per heavy atom. The largest absolute Gasteiger partial charge is 0.347 e. The van der Waals surface area contributed by atoms with Gasteiger partial charge < -0.3 is 5.32 Å². The molecule has 28 heavy (non-hydrogen) atoms. The van der Waals surface area contributed by atoms with E-state index in [-0.39, 0.29) is 24.7 Å². The van der Waals surface area contributed by atoms with Crippen LogP contribution in [0.5, 0.6) is 0 Å². The SMILES string of the molecule is CCS(=O)(=O)N1Cc2ccccc2CC1C(=O)NCc1nnc2ccccn12. The second-order valence-corrected chi connectivity index (χ2v) is 8.91. The summed E-state index contributed by atoms with van der Waals surface area (Å²) in [6, 6.07) is 12.4. The molecule has 2 aromatic heterocycles. The third-order valence-corrected chi connectivity index (χ3v) is 6.86. The van der Waals surface area contributed by atoms with Crippen molar-refractivity contribution in [2.45, 2.75) is 32.5 Å². The quantitative estimate of drug-likeness (QED) is 0.694. The van der Waals surface area contributed by atoms with Crippen LogP contribution in [0.25, 0.3) is 5.65 Å². The monoisotopic (exact) mass is 399 g/mol. The molecular formula is C19H21N5O3S. The number of fused-ring (bicyclic) bond motifs is 2. The van der Waals surface area contributed by atoms with Crippen molar-refractivity contribution in [3.8, 4) is 0 Å². The highest BCUT2D eigenvalue weighted by Gasteiger charge is 2.37. The summed E-state index contributed by atoms with van der Waals surface area (Å²) >= 11 is 0. The van der Waals surface area contributed by atoms with E-state index < -0.39 is 16.1 Å². The third-order valence-electron chi connectivity index (χ3n) is 5.04. The number of carbonyl (C=O) groups excluding carboxylic acids is 1. The first-order chi connectivity index (χ1) is 13.5. The number of rotatable bonds is 5. The van der Waals surface area contributed by atoms with Gasteiger partial charge in [0.25, 0.3) is 0 Å². The molecule has 0 saturated heterocycles. The fourth-order valence-electron chi connectivity index (χ4n) is 3.48. The van der Waals surface area contributed by atoms with Crippen LogP contribution >= 0.6 is 0 Å². The number of nitrogens with zero attached hydrogens (tertiary/aromatic N) is 4. The van der Waals surface area contributed by atoms with Gasteiger partial charge in [0.1, 0.15) is 6.04 Å². The first-order valence-corrected chi connectivity index (χ1v) is 10.7. The lowest BCUT2D eigenvalue weighted by molar-refractivity contribution is -0.125. The zero-order valence-corrected chi connectivity index (χ0v) is 16.3. The Labute approximate surface area is 163 Å². The molecule has 3 heterocycles. The molecule has 0 spiro atoms. The Hall–Kier alpha value is -2.78. The molecule has 0 radical (unpaired) electrons. The molecule has 4 rings (SSSR count). The number of aromatic nitrogens is 3. The average Bonchev–Trinajstić information content (AvgIpc) is 3.14. The van der Waals surface area contributed by atoms with E-state index in [2.05, 4.69) is 15.5 Å². The number of carbonyl (C=O) groups is 1. The van der Waals surface area contributed by atoms with Gasteiger partial charge in [-0.25, -0.2) is 8.42 Å². The van der Waals surface area contributed by atoms with Crippen LogP contribution < -0.4 is 5.32 Å². The van der Waals surface area contributed by atoms with Gasteiger partial charge in [-0.05, 0) is 36.6 Å². The van der Waals surface area contributed by atoms with Gasteiger partial charge in [-0.3, -0.25) is 9.20 Å². The van der Waals surface area contributed by atoms with Crippen LogP contribution in [0.3, 0.4) is 0 Å². The summed E-state index contributed by atoms with van der Waals surface area (Å²) in [5.74, 6) is 0.206. The highest BCUT2D eigenvalue weighted by atomic mass is 32.2. The number of benzene rings is 1. The maximum absolute atomic E-state index is 12.9. The van der Waals surface area contributed by atoms with Gasteiger partial charge in [0, 0.05) is 12.7 Å². The Kier molecular flexibility index (Phi) is 4.86. The van der Waals surface area contributed by atoms with Crippen LogP contribution in [0.2, 0.25) is 0 Å². The minimum atomic E-state index is -3.53. The Bertz CT molecular complexity index is 1130. The molecule has 1 aliphatic rings. The van der Waals surface area contributed by atoms with Crippen molar-refractivity contribution >= 4 is 21.6 Å². The summed E-state index contributed by atoms with van der Waals surface area (Å²) in [4.78, 5) is 12.9. The molecule has 0 aliphatic carbocycles. The summed E-state index contributed by atoms with van der Waals surface area (Å²) in [5, 5.41) is 11.0. The smallest absolute Gasteiger partial charge is 0.239 e. The van der Waals surface area contributed by atoms with E-state index in [1.807, 2.05) is 48.7 Å². The Morgan fingerprint density at radius 1 is 1.14 bits per heavy atom. The number of nitrogens with one attached hydrogen (secondary N) is 1. The van der Waals surface area contributed by atoms with Gasteiger partial charge in [0.15, 0.2) is 11.5 Å². The summed E-state index contributed by atoms with van der Waals surface area (Å²) in [5.41, 5.74) is 2.62. The normalized spacial score (nSPS) is 17.4. The van der Waals surface area contributed by atoms with Crippen LogP contribution in [0.1, 0.15) is 23.9 Å². The maximum atomic E-state index is 12.9. The molecule has 1 aliphatic heterocycles. The van der Waals surface area contributed by atoms with Crippen LogP contribution in [-0.2, 0) is 34.3 Å². The van der Waals surface area contributed by atoms with Gasteiger partial charge in [-0.2, -0.15) is 4.31 Å². The van der Waals surface area contributed by atoms with E-state index in [4.69, 9.17) is 0 Å². The summed E-state index contributed by atoms with van der Waals surface area (Å²) in [6.07, 6.45) is 2.17. The van der Waals surface area contributed by atoms with Gasteiger partial charge in [-0.1, -0.05) is 30.3 Å². The van der Waals surface area contributed by atoms with Crippen LogP contribution in [0, 0.1) is 0 Å². The molecule has 8 nitrogen and oxygen atoms in total. The van der Waals surface area contributed by atoms with Crippen molar-refractivity contribution in [1.29, 1.82) is 0 Å². The molecule has 0 saturated carbocycles. The molecule has 1 atom stereocenters. The average molecular weight is 399 g/mol. The minimum Gasteiger partial charge on any atom is -0.347 e. The molecule has 1 N–H and O–H groups in total. The topological polar surface area (TPSA) is 96.7 Å². The van der Waals surface area contributed by atoms with E-state index in [9.17, 15) is 13.2 Å². The lowest BCUT2D eigenvalue weighted by atomic mass is 9.95. The van der Waals surface area contributed by atoms with Crippen molar-refractivity contribution in [2.24, 2.45) is 0 Å².